The zero-order valence-corrected chi connectivity index (χ0v) is 18.5. The summed E-state index contributed by atoms with van der Waals surface area (Å²) in [6, 6.07) is 7.24. The van der Waals surface area contributed by atoms with Gasteiger partial charge in [-0.15, -0.1) is 0 Å². The lowest BCUT2D eigenvalue weighted by Crippen LogP contribution is -2.12. The predicted octanol–water partition coefficient (Wildman–Crippen LogP) is 4.12. The molecule has 0 N–H and O–H groups in total. The molecule has 168 valence electrons. The van der Waals surface area contributed by atoms with E-state index < -0.39 is 17.6 Å². The first-order valence-electron chi connectivity index (χ1n) is 9.90. The highest BCUT2D eigenvalue weighted by Crippen LogP contribution is 2.36. The molecule has 0 radical (unpaired) electrons. The molecule has 0 saturated carbocycles. The zero-order valence-electron chi connectivity index (χ0n) is 18.5. The number of aromatic nitrogens is 1. The zero-order chi connectivity index (χ0) is 23.4. The summed E-state index contributed by atoms with van der Waals surface area (Å²) >= 11 is 0. The van der Waals surface area contributed by atoms with Crippen LogP contribution in [0.1, 0.15) is 35.5 Å². The molecule has 0 atom stereocenters. The van der Waals surface area contributed by atoms with Crippen LogP contribution in [-0.4, -0.2) is 44.2 Å². The molecule has 32 heavy (non-hydrogen) atoms. The van der Waals surface area contributed by atoms with Crippen molar-refractivity contribution in [3.63, 3.8) is 0 Å². The fraction of sp³-hybridized carbons (Fsp3) is 0.292. The van der Waals surface area contributed by atoms with E-state index in [0.29, 0.717) is 33.6 Å². The molecule has 2 aromatic carbocycles. The van der Waals surface area contributed by atoms with E-state index >= 15 is 0 Å². The predicted molar refractivity (Wildman–Crippen MR) is 116 cm³/mol. The molecule has 0 aliphatic heterocycles. The number of fused-ring (bicyclic) bond motifs is 1. The first-order valence-corrected chi connectivity index (χ1v) is 9.90. The Morgan fingerprint density at radius 1 is 1.00 bits per heavy atom. The Labute approximate surface area is 185 Å². The van der Waals surface area contributed by atoms with Crippen LogP contribution in [0.4, 0.5) is 4.39 Å². The van der Waals surface area contributed by atoms with Gasteiger partial charge in [0.15, 0.2) is 11.5 Å². The molecule has 0 saturated heterocycles. The highest BCUT2D eigenvalue weighted by atomic mass is 19.1. The lowest BCUT2D eigenvalue weighted by molar-refractivity contribution is -0.139. The maximum Gasteiger partial charge on any atom is 0.310 e. The quantitative estimate of drug-likeness (QED) is 0.384. The fourth-order valence-electron chi connectivity index (χ4n) is 3.32. The van der Waals surface area contributed by atoms with Crippen molar-refractivity contribution in [2.45, 2.75) is 26.4 Å². The topological polar surface area (TPSA) is 84.0 Å². The van der Waals surface area contributed by atoms with E-state index in [2.05, 4.69) is 4.98 Å². The number of rotatable bonds is 8. The lowest BCUT2D eigenvalue weighted by Gasteiger charge is -2.15. The summed E-state index contributed by atoms with van der Waals surface area (Å²) in [6.07, 6.45) is 1.21. The van der Waals surface area contributed by atoms with E-state index in [-0.39, 0.29) is 23.8 Å². The van der Waals surface area contributed by atoms with E-state index in [0.717, 1.165) is 0 Å². The molecule has 0 aliphatic rings. The minimum Gasteiger partial charge on any atom is -0.493 e. The second-order valence-electron chi connectivity index (χ2n) is 7.28. The van der Waals surface area contributed by atoms with Crippen LogP contribution in [0.3, 0.4) is 0 Å². The van der Waals surface area contributed by atoms with Crippen LogP contribution < -0.4 is 14.2 Å². The summed E-state index contributed by atoms with van der Waals surface area (Å²) in [4.78, 5) is 29.5. The van der Waals surface area contributed by atoms with Crippen LogP contribution >= 0.6 is 0 Å². The third-order valence-electron chi connectivity index (χ3n) is 4.81. The Kier molecular flexibility index (Phi) is 6.92. The minimum absolute atomic E-state index is 0.00941. The summed E-state index contributed by atoms with van der Waals surface area (Å²) in [5.74, 6) is -0.640. The standard InChI is InChI=1S/C24H24FNO6/c1-13(2)32-15-6-7-19(25)18(9-15)24(28)23-17-11-21(30-4)20(29-3)10-16(17)14(12-26-23)8-22(27)31-5/h6-7,9-13H,8H2,1-5H3. The molecule has 7 nitrogen and oxygen atoms in total. The van der Waals surface area contributed by atoms with Crippen LogP contribution in [-0.2, 0) is 16.0 Å². The second-order valence-corrected chi connectivity index (χ2v) is 7.28. The number of ether oxygens (including phenoxy) is 4. The maximum atomic E-state index is 14.6. The number of carbonyl (C=O) groups is 2. The molecule has 0 amide bonds. The molecule has 1 heterocycles. The van der Waals surface area contributed by atoms with Crippen LogP contribution in [0.5, 0.6) is 17.2 Å². The number of pyridine rings is 1. The molecule has 3 rings (SSSR count). The lowest BCUT2D eigenvalue weighted by atomic mass is 9.97. The Bertz CT molecular complexity index is 1170. The second kappa shape index (κ2) is 9.64. The van der Waals surface area contributed by atoms with Crippen LogP contribution in [0, 0.1) is 5.82 Å². The third kappa shape index (κ3) is 4.64. The number of carbonyl (C=O) groups excluding carboxylic acids is 2. The van der Waals surface area contributed by atoms with Crippen molar-refractivity contribution >= 4 is 22.5 Å². The van der Waals surface area contributed by atoms with E-state index in [4.69, 9.17) is 18.9 Å². The molecule has 0 unspecified atom stereocenters. The number of benzene rings is 2. The van der Waals surface area contributed by atoms with Gasteiger partial charge in [0, 0.05) is 11.6 Å². The van der Waals surface area contributed by atoms with Crippen molar-refractivity contribution in [2.24, 2.45) is 0 Å². The number of nitrogens with zero attached hydrogens (tertiary/aromatic N) is 1. The van der Waals surface area contributed by atoms with E-state index in [1.807, 2.05) is 13.8 Å². The average Bonchev–Trinajstić information content (AvgIpc) is 2.78. The molecular formula is C24H24FNO6. The molecule has 1 aromatic heterocycles. The van der Waals surface area contributed by atoms with Crippen molar-refractivity contribution in [2.75, 3.05) is 21.3 Å². The van der Waals surface area contributed by atoms with Gasteiger partial charge in [0.1, 0.15) is 17.3 Å². The Balaban J connectivity index is 2.21. The van der Waals surface area contributed by atoms with Gasteiger partial charge in [0.25, 0.3) is 0 Å². The minimum atomic E-state index is -0.694. The van der Waals surface area contributed by atoms with Gasteiger partial charge in [-0.2, -0.15) is 0 Å². The van der Waals surface area contributed by atoms with Gasteiger partial charge in [-0.05, 0) is 55.1 Å². The van der Waals surface area contributed by atoms with Crippen LogP contribution in [0.15, 0.2) is 36.5 Å². The molecule has 8 heteroatoms. The summed E-state index contributed by atoms with van der Waals surface area (Å²) in [7, 11) is 4.23. The Morgan fingerprint density at radius 2 is 1.66 bits per heavy atom. The van der Waals surface area contributed by atoms with Gasteiger partial charge in [0.05, 0.1) is 39.4 Å². The fourth-order valence-corrected chi connectivity index (χ4v) is 3.32. The Hall–Kier alpha value is -3.68. The van der Waals surface area contributed by atoms with Crippen molar-refractivity contribution < 1.29 is 32.9 Å². The molecule has 0 aliphatic carbocycles. The highest BCUT2D eigenvalue weighted by Gasteiger charge is 2.23. The smallest absolute Gasteiger partial charge is 0.310 e. The summed E-state index contributed by atoms with van der Waals surface area (Å²) in [5.41, 5.74) is 0.365. The van der Waals surface area contributed by atoms with E-state index in [9.17, 15) is 14.0 Å². The van der Waals surface area contributed by atoms with Gasteiger partial charge in [0.2, 0.25) is 5.78 Å². The van der Waals surface area contributed by atoms with Crippen LogP contribution in [0.25, 0.3) is 10.8 Å². The van der Waals surface area contributed by atoms with Crippen LogP contribution in [0.2, 0.25) is 0 Å². The number of hydrogen-bond acceptors (Lipinski definition) is 7. The molecular weight excluding hydrogens is 417 g/mol. The van der Waals surface area contributed by atoms with Gasteiger partial charge in [-0.3, -0.25) is 14.6 Å². The third-order valence-corrected chi connectivity index (χ3v) is 4.81. The first kappa shape index (κ1) is 23.0. The van der Waals surface area contributed by atoms with E-state index in [1.165, 1.54) is 45.7 Å². The average molecular weight is 441 g/mol. The summed E-state index contributed by atoms with van der Waals surface area (Å²) < 4.78 is 35.7. The Morgan fingerprint density at radius 3 is 2.25 bits per heavy atom. The number of methoxy groups -OCH3 is 3. The number of halogens is 1. The molecule has 0 fully saturated rings. The van der Waals surface area contributed by atoms with Gasteiger partial charge in [-0.25, -0.2) is 4.39 Å². The molecule has 0 bridgehead atoms. The first-order chi connectivity index (χ1) is 15.3. The van der Waals surface area contributed by atoms with Gasteiger partial charge < -0.3 is 18.9 Å². The van der Waals surface area contributed by atoms with Gasteiger partial charge >= 0.3 is 5.97 Å². The number of hydrogen-bond donors (Lipinski definition) is 0. The van der Waals surface area contributed by atoms with Crippen molar-refractivity contribution in [1.82, 2.24) is 4.98 Å². The summed E-state index contributed by atoms with van der Waals surface area (Å²) in [5, 5.41) is 0.935. The van der Waals surface area contributed by atoms with Gasteiger partial charge in [-0.1, -0.05) is 0 Å². The largest absolute Gasteiger partial charge is 0.493 e. The highest BCUT2D eigenvalue weighted by molar-refractivity contribution is 6.16. The molecule has 3 aromatic rings. The van der Waals surface area contributed by atoms with Crippen molar-refractivity contribution in [3.05, 3.63) is 59.2 Å². The normalized spacial score (nSPS) is 10.8. The van der Waals surface area contributed by atoms with Crippen molar-refractivity contribution in [3.8, 4) is 17.2 Å². The number of ketones is 1. The molecule has 0 spiro atoms. The summed E-state index contributed by atoms with van der Waals surface area (Å²) in [6.45, 7) is 3.67. The monoisotopic (exact) mass is 441 g/mol. The number of esters is 1. The SMILES string of the molecule is COC(=O)Cc1cnc(C(=O)c2cc(OC(C)C)ccc2F)c2cc(OC)c(OC)cc12. The maximum absolute atomic E-state index is 14.6. The van der Waals surface area contributed by atoms with Crippen molar-refractivity contribution in [1.29, 1.82) is 0 Å². The van der Waals surface area contributed by atoms with E-state index in [1.54, 1.807) is 12.1 Å².